The van der Waals surface area contributed by atoms with Gasteiger partial charge < -0.3 is 14.5 Å². The van der Waals surface area contributed by atoms with Gasteiger partial charge in [-0.2, -0.15) is 0 Å². The molecule has 0 atom stereocenters. The monoisotopic (exact) mass is 360 g/mol. The van der Waals surface area contributed by atoms with Crippen LogP contribution in [0.4, 0.5) is 0 Å². The lowest BCUT2D eigenvalue weighted by Gasteiger charge is -2.28. The number of imidazole rings is 1. The molecule has 3 rings (SSSR count). The SMILES string of the molecule is Cn1ccnc1SC1CCC(NC(=O)CCn2ccccc2=O)CC1. The third-order valence-corrected chi connectivity index (χ3v) is 5.98. The molecule has 0 radical (unpaired) electrons. The summed E-state index contributed by atoms with van der Waals surface area (Å²) in [6, 6.07) is 5.27. The number of amides is 1. The van der Waals surface area contributed by atoms with Crippen LogP contribution in [0.1, 0.15) is 32.1 Å². The third-order valence-electron chi connectivity index (χ3n) is 4.57. The molecule has 6 nitrogen and oxygen atoms in total. The van der Waals surface area contributed by atoms with Gasteiger partial charge in [-0.15, -0.1) is 0 Å². The van der Waals surface area contributed by atoms with Crippen LogP contribution in [0.5, 0.6) is 0 Å². The van der Waals surface area contributed by atoms with Gasteiger partial charge >= 0.3 is 0 Å². The van der Waals surface area contributed by atoms with Crippen LogP contribution in [0.15, 0.2) is 46.7 Å². The van der Waals surface area contributed by atoms with Gasteiger partial charge in [0.15, 0.2) is 5.16 Å². The molecule has 1 N–H and O–H groups in total. The van der Waals surface area contributed by atoms with Gasteiger partial charge in [0.1, 0.15) is 0 Å². The van der Waals surface area contributed by atoms with Crippen LogP contribution >= 0.6 is 11.8 Å². The van der Waals surface area contributed by atoms with Gasteiger partial charge in [-0.1, -0.05) is 17.8 Å². The lowest BCUT2D eigenvalue weighted by atomic mass is 9.95. The summed E-state index contributed by atoms with van der Waals surface area (Å²) in [6.07, 6.45) is 10.0. The fourth-order valence-electron chi connectivity index (χ4n) is 3.11. The molecule has 1 aliphatic carbocycles. The predicted molar refractivity (Wildman–Crippen MR) is 98.6 cm³/mol. The van der Waals surface area contributed by atoms with E-state index in [1.807, 2.05) is 35.8 Å². The Hall–Kier alpha value is -2.02. The highest BCUT2D eigenvalue weighted by molar-refractivity contribution is 7.99. The lowest BCUT2D eigenvalue weighted by Crippen LogP contribution is -2.38. The summed E-state index contributed by atoms with van der Waals surface area (Å²) in [5, 5.41) is 4.74. The first-order valence-corrected chi connectivity index (χ1v) is 9.58. The number of thioether (sulfide) groups is 1. The fourth-order valence-corrected chi connectivity index (χ4v) is 4.26. The highest BCUT2D eigenvalue weighted by Crippen LogP contribution is 2.32. The average molecular weight is 360 g/mol. The van der Waals surface area contributed by atoms with E-state index in [-0.39, 0.29) is 17.5 Å². The van der Waals surface area contributed by atoms with Crippen LogP contribution in [-0.4, -0.2) is 31.3 Å². The maximum atomic E-state index is 12.1. The molecule has 2 heterocycles. The Labute approximate surface area is 151 Å². The van der Waals surface area contributed by atoms with Crippen LogP contribution in [-0.2, 0) is 18.4 Å². The molecule has 1 fully saturated rings. The van der Waals surface area contributed by atoms with E-state index in [1.54, 1.807) is 22.9 Å². The summed E-state index contributed by atoms with van der Waals surface area (Å²) < 4.78 is 3.62. The van der Waals surface area contributed by atoms with Crippen molar-refractivity contribution >= 4 is 17.7 Å². The van der Waals surface area contributed by atoms with E-state index in [0.29, 0.717) is 18.2 Å². The highest BCUT2D eigenvalue weighted by atomic mass is 32.2. The minimum atomic E-state index is -0.0675. The zero-order valence-electron chi connectivity index (χ0n) is 14.4. The summed E-state index contributed by atoms with van der Waals surface area (Å²) in [5.74, 6) is 0.0240. The zero-order valence-corrected chi connectivity index (χ0v) is 15.2. The van der Waals surface area contributed by atoms with Crippen molar-refractivity contribution in [1.82, 2.24) is 19.4 Å². The zero-order chi connectivity index (χ0) is 17.6. The first-order chi connectivity index (χ1) is 12.1. The Morgan fingerprint density at radius 2 is 2.08 bits per heavy atom. The first kappa shape index (κ1) is 17.8. The Morgan fingerprint density at radius 3 is 2.76 bits per heavy atom. The maximum Gasteiger partial charge on any atom is 0.250 e. The van der Waals surface area contributed by atoms with Gasteiger partial charge in [0.25, 0.3) is 5.56 Å². The van der Waals surface area contributed by atoms with Gasteiger partial charge in [0, 0.05) is 56.0 Å². The highest BCUT2D eigenvalue weighted by Gasteiger charge is 2.24. The molecule has 7 heteroatoms. The van der Waals surface area contributed by atoms with Crippen molar-refractivity contribution in [3.05, 3.63) is 47.1 Å². The van der Waals surface area contributed by atoms with E-state index < -0.39 is 0 Å². The van der Waals surface area contributed by atoms with Crippen molar-refractivity contribution in [3.8, 4) is 0 Å². The van der Waals surface area contributed by atoms with Crippen molar-refractivity contribution < 1.29 is 4.79 Å². The fraction of sp³-hybridized carbons (Fsp3) is 0.500. The number of carbonyl (C=O) groups excluding carboxylic acids is 1. The van der Waals surface area contributed by atoms with Crippen molar-refractivity contribution in [1.29, 1.82) is 0 Å². The Kier molecular flexibility index (Phi) is 5.96. The lowest BCUT2D eigenvalue weighted by molar-refractivity contribution is -0.122. The van der Waals surface area contributed by atoms with E-state index in [9.17, 15) is 9.59 Å². The van der Waals surface area contributed by atoms with Crippen LogP contribution in [0, 0.1) is 0 Å². The molecule has 2 aromatic rings. The Balaban J connectivity index is 1.40. The van der Waals surface area contributed by atoms with E-state index in [1.165, 1.54) is 6.07 Å². The summed E-state index contributed by atoms with van der Waals surface area (Å²) in [5.41, 5.74) is -0.0675. The molecule has 0 spiro atoms. The second kappa shape index (κ2) is 8.38. The summed E-state index contributed by atoms with van der Waals surface area (Å²) in [7, 11) is 2.01. The molecule has 1 saturated carbocycles. The summed E-state index contributed by atoms with van der Waals surface area (Å²) in [4.78, 5) is 28.1. The number of carbonyl (C=O) groups is 1. The number of nitrogens with one attached hydrogen (secondary N) is 1. The quantitative estimate of drug-likeness (QED) is 0.857. The number of nitrogens with zero attached hydrogens (tertiary/aromatic N) is 3. The standard InChI is InChI=1S/C18H24N4O2S/c1-21-13-10-19-18(21)25-15-7-5-14(6-8-15)20-16(23)9-12-22-11-3-2-4-17(22)24/h2-4,10-11,13-15H,5-9,12H2,1H3,(H,20,23). The molecule has 25 heavy (non-hydrogen) atoms. The topological polar surface area (TPSA) is 68.9 Å². The minimum Gasteiger partial charge on any atom is -0.353 e. The molecule has 0 aliphatic heterocycles. The largest absolute Gasteiger partial charge is 0.353 e. The van der Waals surface area contributed by atoms with Crippen LogP contribution in [0.2, 0.25) is 0 Å². The molecular weight excluding hydrogens is 336 g/mol. The maximum absolute atomic E-state index is 12.1. The molecule has 0 unspecified atom stereocenters. The van der Waals surface area contributed by atoms with Crippen LogP contribution < -0.4 is 10.9 Å². The number of hydrogen-bond donors (Lipinski definition) is 1. The van der Waals surface area contributed by atoms with Gasteiger partial charge in [-0.3, -0.25) is 9.59 Å². The molecule has 134 valence electrons. The van der Waals surface area contributed by atoms with Crippen molar-refractivity contribution in [2.45, 2.75) is 55.1 Å². The van der Waals surface area contributed by atoms with E-state index in [4.69, 9.17) is 0 Å². The number of aryl methyl sites for hydroxylation is 2. The predicted octanol–water partition coefficient (Wildman–Crippen LogP) is 2.19. The van der Waals surface area contributed by atoms with Crippen molar-refractivity contribution in [2.75, 3.05) is 0 Å². The molecule has 0 aromatic carbocycles. The van der Waals surface area contributed by atoms with Gasteiger partial charge in [0.05, 0.1) is 0 Å². The number of pyridine rings is 1. The number of hydrogen-bond acceptors (Lipinski definition) is 4. The number of rotatable bonds is 6. The van der Waals surface area contributed by atoms with E-state index in [0.717, 1.165) is 30.8 Å². The minimum absolute atomic E-state index is 0.0240. The molecule has 0 bridgehead atoms. The Bertz CT molecular complexity index is 762. The number of aromatic nitrogens is 3. The third kappa shape index (κ3) is 4.98. The van der Waals surface area contributed by atoms with Gasteiger partial charge in [0.2, 0.25) is 5.91 Å². The normalized spacial score (nSPS) is 20.4. The van der Waals surface area contributed by atoms with Gasteiger partial charge in [-0.25, -0.2) is 4.98 Å². The second-order valence-electron chi connectivity index (χ2n) is 6.46. The van der Waals surface area contributed by atoms with Crippen molar-refractivity contribution in [2.24, 2.45) is 7.05 Å². The van der Waals surface area contributed by atoms with Crippen LogP contribution in [0.25, 0.3) is 0 Å². The van der Waals surface area contributed by atoms with E-state index >= 15 is 0 Å². The van der Waals surface area contributed by atoms with E-state index in [2.05, 4.69) is 10.3 Å². The molecule has 1 aliphatic rings. The molecule has 2 aromatic heterocycles. The molecular formula is C18H24N4O2S. The van der Waals surface area contributed by atoms with Crippen LogP contribution in [0.3, 0.4) is 0 Å². The molecule has 0 saturated heterocycles. The second-order valence-corrected chi connectivity index (χ2v) is 7.73. The van der Waals surface area contributed by atoms with Crippen molar-refractivity contribution in [3.63, 3.8) is 0 Å². The average Bonchev–Trinajstić information content (AvgIpc) is 3.01. The first-order valence-electron chi connectivity index (χ1n) is 8.70. The van der Waals surface area contributed by atoms with Gasteiger partial charge in [-0.05, 0) is 31.7 Å². The summed E-state index contributed by atoms with van der Waals surface area (Å²) >= 11 is 1.83. The molecule has 1 amide bonds. The summed E-state index contributed by atoms with van der Waals surface area (Å²) in [6.45, 7) is 0.426. The Morgan fingerprint density at radius 1 is 1.28 bits per heavy atom. The smallest absolute Gasteiger partial charge is 0.250 e.